The molecule has 0 saturated heterocycles. The predicted molar refractivity (Wildman–Crippen MR) is 87.3 cm³/mol. The van der Waals surface area contributed by atoms with Crippen LogP contribution in [-0.4, -0.2) is 47.0 Å². The molecule has 21 heavy (non-hydrogen) atoms. The highest BCUT2D eigenvalue weighted by atomic mass is 32.1. The van der Waals surface area contributed by atoms with Crippen LogP contribution in [0.3, 0.4) is 0 Å². The number of carbonyl (C=O) groups is 1. The zero-order chi connectivity index (χ0) is 15.2. The molecule has 2 rings (SSSR count). The zero-order valence-electron chi connectivity index (χ0n) is 12.3. The van der Waals surface area contributed by atoms with Crippen LogP contribution in [0, 0.1) is 0 Å². The molecule has 0 bridgehead atoms. The van der Waals surface area contributed by atoms with Gasteiger partial charge in [-0.05, 0) is 32.0 Å². The number of amides is 1. The minimum atomic E-state index is -0.163. The lowest BCUT2D eigenvalue weighted by Gasteiger charge is -2.23. The highest BCUT2D eigenvalue weighted by molar-refractivity contribution is 7.80. The SMILES string of the molecule is CN(CCNC(=O)c1ccc(C(N)=S)cn1)C1CCCC1. The summed E-state index contributed by atoms with van der Waals surface area (Å²) in [4.78, 5) is 18.7. The monoisotopic (exact) mass is 306 g/mol. The van der Waals surface area contributed by atoms with Crippen molar-refractivity contribution in [2.75, 3.05) is 20.1 Å². The van der Waals surface area contributed by atoms with E-state index in [1.807, 2.05) is 0 Å². The van der Waals surface area contributed by atoms with Gasteiger partial charge in [-0.15, -0.1) is 0 Å². The highest BCUT2D eigenvalue weighted by Crippen LogP contribution is 2.21. The van der Waals surface area contributed by atoms with Crippen LogP contribution in [0.25, 0.3) is 0 Å². The van der Waals surface area contributed by atoms with Gasteiger partial charge in [-0.1, -0.05) is 25.1 Å². The maximum absolute atomic E-state index is 12.0. The van der Waals surface area contributed by atoms with Crippen molar-refractivity contribution in [1.82, 2.24) is 15.2 Å². The second-order valence-corrected chi connectivity index (χ2v) is 5.91. The largest absolute Gasteiger partial charge is 0.389 e. The van der Waals surface area contributed by atoms with Gasteiger partial charge in [-0.3, -0.25) is 9.78 Å². The van der Waals surface area contributed by atoms with E-state index >= 15 is 0 Å². The van der Waals surface area contributed by atoms with Crippen LogP contribution in [0.1, 0.15) is 41.7 Å². The number of thiocarbonyl (C=S) groups is 1. The molecule has 1 heterocycles. The molecule has 0 atom stereocenters. The van der Waals surface area contributed by atoms with Crippen molar-refractivity contribution in [2.45, 2.75) is 31.7 Å². The van der Waals surface area contributed by atoms with Gasteiger partial charge in [0.25, 0.3) is 5.91 Å². The van der Waals surface area contributed by atoms with Crippen LogP contribution in [0.5, 0.6) is 0 Å². The summed E-state index contributed by atoms with van der Waals surface area (Å²) in [6.45, 7) is 1.49. The second-order valence-electron chi connectivity index (χ2n) is 5.47. The van der Waals surface area contributed by atoms with E-state index in [1.165, 1.54) is 31.9 Å². The molecule has 114 valence electrons. The van der Waals surface area contributed by atoms with E-state index in [9.17, 15) is 4.79 Å². The van der Waals surface area contributed by atoms with Crippen molar-refractivity contribution in [3.63, 3.8) is 0 Å². The second kappa shape index (κ2) is 7.47. The number of nitrogens with one attached hydrogen (secondary N) is 1. The van der Waals surface area contributed by atoms with E-state index in [0.717, 1.165) is 6.54 Å². The van der Waals surface area contributed by atoms with Crippen molar-refractivity contribution in [3.8, 4) is 0 Å². The molecule has 0 aliphatic heterocycles. The molecule has 1 fully saturated rings. The molecule has 0 spiro atoms. The van der Waals surface area contributed by atoms with Crippen molar-refractivity contribution in [1.29, 1.82) is 0 Å². The Morgan fingerprint density at radius 1 is 1.48 bits per heavy atom. The average Bonchev–Trinajstić information content (AvgIpc) is 3.01. The molecular formula is C15H22N4OS. The van der Waals surface area contributed by atoms with Gasteiger partial charge in [-0.2, -0.15) is 0 Å². The molecule has 1 saturated carbocycles. The van der Waals surface area contributed by atoms with Gasteiger partial charge in [0.05, 0.1) is 0 Å². The standard InChI is InChI=1S/C15H22N4OS/c1-19(12-4-2-3-5-12)9-8-17-15(20)13-7-6-11(10-18-13)14(16)21/h6-7,10,12H,2-5,8-9H2,1H3,(H2,16,21)(H,17,20). The summed E-state index contributed by atoms with van der Waals surface area (Å²) in [6, 6.07) is 4.03. The molecule has 0 aromatic carbocycles. The van der Waals surface area contributed by atoms with Crippen LogP contribution in [0.4, 0.5) is 0 Å². The van der Waals surface area contributed by atoms with Crippen molar-refractivity contribution in [3.05, 3.63) is 29.6 Å². The molecule has 5 nitrogen and oxygen atoms in total. The summed E-state index contributed by atoms with van der Waals surface area (Å²) in [5, 5.41) is 2.89. The van der Waals surface area contributed by atoms with Gasteiger partial charge in [0.15, 0.2) is 0 Å². The van der Waals surface area contributed by atoms with Crippen LogP contribution in [-0.2, 0) is 0 Å². The number of carbonyl (C=O) groups excluding carboxylic acids is 1. The van der Waals surface area contributed by atoms with E-state index in [0.29, 0.717) is 23.8 Å². The van der Waals surface area contributed by atoms with Crippen molar-refractivity contribution in [2.24, 2.45) is 5.73 Å². The molecule has 1 aromatic heterocycles. The number of aromatic nitrogens is 1. The quantitative estimate of drug-likeness (QED) is 0.776. The zero-order valence-corrected chi connectivity index (χ0v) is 13.2. The molecule has 1 aliphatic carbocycles. The molecule has 6 heteroatoms. The average molecular weight is 306 g/mol. The number of hydrogen-bond donors (Lipinski definition) is 2. The Balaban J connectivity index is 1.77. The van der Waals surface area contributed by atoms with E-state index in [4.69, 9.17) is 18.0 Å². The Kier molecular flexibility index (Phi) is 5.64. The van der Waals surface area contributed by atoms with E-state index < -0.39 is 0 Å². The van der Waals surface area contributed by atoms with Gasteiger partial charge in [0.2, 0.25) is 0 Å². The summed E-state index contributed by atoms with van der Waals surface area (Å²) in [6.07, 6.45) is 6.71. The third-order valence-electron chi connectivity index (χ3n) is 3.98. The fourth-order valence-corrected chi connectivity index (χ4v) is 2.76. The van der Waals surface area contributed by atoms with Crippen LogP contribution < -0.4 is 11.1 Å². The lowest BCUT2D eigenvalue weighted by Crippen LogP contribution is -2.37. The van der Waals surface area contributed by atoms with Gasteiger partial charge < -0.3 is 16.0 Å². The topological polar surface area (TPSA) is 71.2 Å². The summed E-state index contributed by atoms with van der Waals surface area (Å²) in [5.41, 5.74) is 6.56. The first-order chi connectivity index (χ1) is 10.1. The predicted octanol–water partition coefficient (Wildman–Crippen LogP) is 1.32. The smallest absolute Gasteiger partial charge is 0.269 e. The van der Waals surface area contributed by atoms with Gasteiger partial charge in [0.1, 0.15) is 10.7 Å². The summed E-state index contributed by atoms with van der Waals surface area (Å²) >= 11 is 4.85. The minimum Gasteiger partial charge on any atom is -0.389 e. The first kappa shape index (κ1) is 15.9. The number of pyridine rings is 1. The fraction of sp³-hybridized carbons (Fsp3) is 0.533. The maximum Gasteiger partial charge on any atom is 0.269 e. The fourth-order valence-electron chi connectivity index (χ4n) is 2.64. The number of rotatable bonds is 6. The number of likely N-dealkylation sites (N-methyl/N-ethyl adjacent to an activating group) is 1. The Labute approximate surface area is 130 Å². The molecular weight excluding hydrogens is 284 g/mol. The third-order valence-corrected chi connectivity index (χ3v) is 4.21. The van der Waals surface area contributed by atoms with E-state index in [-0.39, 0.29) is 10.9 Å². The normalized spacial score (nSPS) is 15.3. The summed E-state index contributed by atoms with van der Waals surface area (Å²) in [5.74, 6) is -0.163. The maximum atomic E-state index is 12.0. The van der Waals surface area contributed by atoms with E-state index in [2.05, 4.69) is 22.2 Å². The van der Waals surface area contributed by atoms with Crippen LogP contribution in [0.2, 0.25) is 0 Å². The van der Waals surface area contributed by atoms with Crippen molar-refractivity contribution >= 4 is 23.1 Å². The molecule has 0 unspecified atom stereocenters. The first-order valence-electron chi connectivity index (χ1n) is 7.32. The van der Waals surface area contributed by atoms with E-state index in [1.54, 1.807) is 12.1 Å². The Morgan fingerprint density at radius 3 is 2.76 bits per heavy atom. The molecule has 1 aliphatic rings. The third kappa shape index (κ3) is 4.47. The minimum absolute atomic E-state index is 0.163. The lowest BCUT2D eigenvalue weighted by atomic mass is 10.2. The highest BCUT2D eigenvalue weighted by Gasteiger charge is 2.19. The molecule has 0 radical (unpaired) electrons. The van der Waals surface area contributed by atoms with Gasteiger partial charge in [0, 0.05) is 30.9 Å². The van der Waals surface area contributed by atoms with Gasteiger partial charge >= 0.3 is 0 Å². The Bertz CT molecular complexity index is 497. The number of hydrogen-bond acceptors (Lipinski definition) is 4. The number of nitrogens with zero attached hydrogens (tertiary/aromatic N) is 2. The lowest BCUT2D eigenvalue weighted by molar-refractivity contribution is 0.0942. The molecule has 1 amide bonds. The summed E-state index contributed by atoms with van der Waals surface area (Å²) in [7, 11) is 2.12. The summed E-state index contributed by atoms with van der Waals surface area (Å²) < 4.78 is 0. The first-order valence-corrected chi connectivity index (χ1v) is 7.73. The van der Waals surface area contributed by atoms with Crippen LogP contribution in [0.15, 0.2) is 18.3 Å². The number of nitrogens with two attached hydrogens (primary N) is 1. The van der Waals surface area contributed by atoms with Gasteiger partial charge in [-0.25, -0.2) is 0 Å². The Morgan fingerprint density at radius 2 is 2.19 bits per heavy atom. The Hall–Kier alpha value is -1.53. The molecule has 3 N–H and O–H groups in total. The molecule has 1 aromatic rings. The van der Waals surface area contributed by atoms with Crippen molar-refractivity contribution < 1.29 is 4.79 Å². The van der Waals surface area contributed by atoms with Crippen LogP contribution >= 0.6 is 12.2 Å².